The largest absolute Gasteiger partial charge is 0.466 e. The topological polar surface area (TPSA) is 73.9 Å². The fourth-order valence-corrected chi connectivity index (χ4v) is 4.53. The number of methoxy groups -OCH3 is 1. The van der Waals surface area contributed by atoms with Crippen LogP contribution in [0.25, 0.3) is 0 Å². The monoisotopic (exact) mass is 448 g/mol. The van der Waals surface area contributed by atoms with Gasteiger partial charge in [-0.3, -0.25) is 4.90 Å². The van der Waals surface area contributed by atoms with E-state index in [1.807, 2.05) is 31.2 Å². The maximum Gasteiger partial charge on any atom is 0.338 e. The second-order valence-corrected chi connectivity index (χ2v) is 8.88. The highest BCUT2D eigenvalue weighted by Crippen LogP contribution is 2.29. The number of aryl methyl sites for hydroxylation is 3. The predicted molar refractivity (Wildman–Crippen MR) is 129 cm³/mol. The van der Waals surface area contributed by atoms with E-state index < -0.39 is 12.0 Å². The summed E-state index contributed by atoms with van der Waals surface area (Å²) in [6, 6.07) is 13.5. The molecule has 0 radical (unpaired) electrons. The van der Waals surface area contributed by atoms with Gasteiger partial charge in [-0.15, -0.1) is 0 Å². The predicted octanol–water partition coefficient (Wildman–Crippen LogP) is 3.22. The summed E-state index contributed by atoms with van der Waals surface area (Å²) >= 11 is 0. The molecule has 0 bridgehead atoms. The van der Waals surface area contributed by atoms with Gasteiger partial charge in [0, 0.05) is 44.1 Å². The van der Waals surface area contributed by atoms with Crippen LogP contribution in [-0.4, -0.2) is 56.7 Å². The minimum Gasteiger partial charge on any atom is -0.466 e. The second kappa shape index (κ2) is 9.67. The lowest BCUT2D eigenvalue weighted by molar-refractivity contribution is -0.136. The first-order chi connectivity index (χ1) is 15.9. The molecule has 1 saturated heterocycles. The van der Waals surface area contributed by atoms with E-state index in [1.54, 1.807) is 0 Å². The number of carbonyl (C=O) groups excluding carboxylic acids is 2. The van der Waals surface area contributed by atoms with E-state index >= 15 is 0 Å². The number of ether oxygens (including phenoxy) is 1. The van der Waals surface area contributed by atoms with Gasteiger partial charge in [-0.2, -0.15) is 0 Å². The standard InChI is InChI=1S/C26H32N4O3/c1-17-6-9-20(10-7-17)24-23(25(31)33-4)21(27-26(32)28-24)16-29-11-13-30(14-12-29)22-15-18(2)5-8-19(22)3/h5-10,15,24H,11-14,16H2,1-4H3,(H2,27,28,32). The molecule has 4 rings (SSSR count). The lowest BCUT2D eigenvalue weighted by atomic mass is 9.94. The summed E-state index contributed by atoms with van der Waals surface area (Å²) in [5.74, 6) is -0.433. The number of amides is 2. The molecule has 7 heteroatoms. The lowest BCUT2D eigenvalue weighted by Crippen LogP contribution is -2.51. The van der Waals surface area contributed by atoms with Gasteiger partial charge in [0.2, 0.25) is 0 Å². The molecule has 0 aromatic heterocycles. The Morgan fingerprint density at radius 2 is 1.67 bits per heavy atom. The van der Waals surface area contributed by atoms with Crippen LogP contribution in [0.4, 0.5) is 10.5 Å². The van der Waals surface area contributed by atoms with Crippen molar-refractivity contribution in [2.75, 3.05) is 44.7 Å². The molecule has 1 unspecified atom stereocenters. The number of anilines is 1. The Balaban J connectivity index is 1.54. The summed E-state index contributed by atoms with van der Waals surface area (Å²) in [7, 11) is 1.37. The molecule has 1 atom stereocenters. The first-order valence-electron chi connectivity index (χ1n) is 11.4. The van der Waals surface area contributed by atoms with Gasteiger partial charge in [0.15, 0.2) is 0 Å². The van der Waals surface area contributed by atoms with Crippen LogP contribution in [0, 0.1) is 20.8 Å². The molecule has 2 heterocycles. The summed E-state index contributed by atoms with van der Waals surface area (Å²) in [5.41, 5.74) is 6.84. The Morgan fingerprint density at radius 1 is 1.00 bits per heavy atom. The maximum atomic E-state index is 12.8. The van der Waals surface area contributed by atoms with Crippen molar-refractivity contribution in [3.05, 3.63) is 76.0 Å². The van der Waals surface area contributed by atoms with Crippen LogP contribution in [0.2, 0.25) is 0 Å². The van der Waals surface area contributed by atoms with Gasteiger partial charge in [0.25, 0.3) is 0 Å². The smallest absolute Gasteiger partial charge is 0.338 e. The number of rotatable bonds is 5. The minimum atomic E-state index is -0.543. The van der Waals surface area contributed by atoms with Gasteiger partial charge in [0.1, 0.15) is 0 Å². The molecule has 2 aromatic rings. The number of nitrogens with zero attached hydrogens (tertiary/aromatic N) is 2. The van der Waals surface area contributed by atoms with Crippen LogP contribution >= 0.6 is 0 Å². The van der Waals surface area contributed by atoms with Gasteiger partial charge in [-0.1, -0.05) is 42.0 Å². The first kappa shape index (κ1) is 22.9. The molecule has 2 N–H and O–H groups in total. The molecule has 0 spiro atoms. The van der Waals surface area contributed by atoms with Crippen molar-refractivity contribution >= 4 is 17.7 Å². The van der Waals surface area contributed by atoms with Gasteiger partial charge >= 0.3 is 12.0 Å². The Labute approximate surface area is 195 Å². The Morgan fingerprint density at radius 3 is 2.33 bits per heavy atom. The van der Waals surface area contributed by atoms with Crippen LogP contribution < -0.4 is 15.5 Å². The van der Waals surface area contributed by atoms with Gasteiger partial charge in [0.05, 0.1) is 18.7 Å². The average molecular weight is 449 g/mol. The number of esters is 1. The van der Waals surface area contributed by atoms with Crippen molar-refractivity contribution in [3.8, 4) is 0 Å². The number of nitrogens with one attached hydrogen (secondary N) is 2. The Bertz CT molecular complexity index is 1070. The molecule has 0 saturated carbocycles. The molecule has 2 aromatic carbocycles. The van der Waals surface area contributed by atoms with Crippen molar-refractivity contribution in [1.29, 1.82) is 0 Å². The fourth-order valence-electron chi connectivity index (χ4n) is 4.53. The summed E-state index contributed by atoms with van der Waals surface area (Å²) in [4.78, 5) is 30.0. The summed E-state index contributed by atoms with van der Waals surface area (Å²) < 4.78 is 5.10. The van der Waals surface area contributed by atoms with E-state index in [9.17, 15) is 9.59 Å². The third-order valence-electron chi connectivity index (χ3n) is 6.43. The van der Waals surface area contributed by atoms with E-state index in [-0.39, 0.29) is 6.03 Å². The van der Waals surface area contributed by atoms with Crippen molar-refractivity contribution in [2.45, 2.75) is 26.8 Å². The van der Waals surface area contributed by atoms with Gasteiger partial charge in [-0.25, -0.2) is 9.59 Å². The highest BCUT2D eigenvalue weighted by atomic mass is 16.5. The van der Waals surface area contributed by atoms with Crippen molar-refractivity contribution in [3.63, 3.8) is 0 Å². The first-order valence-corrected chi connectivity index (χ1v) is 11.4. The third kappa shape index (κ3) is 5.03. The van der Waals surface area contributed by atoms with E-state index in [0.717, 1.165) is 37.3 Å². The van der Waals surface area contributed by atoms with E-state index in [1.165, 1.54) is 23.9 Å². The number of urea groups is 1. The zero-order chi connectivity index (χ0) is 23.5. The summed E-state index contributed by atoms with van der Waals surface area (Å²) in [6.45, 7) is 10.2. The van der Waals surface area contributed by atoms with Crippen molar-refractivity contribution < 1.29 is 14.3 Å². The molecule has 2 amide bonds. The molecule has 2 aliphatic heterocycles. The highest BCUT2D eigenvalue weighted by molar-refractivity contribution is 5.95. The van der Waals surface area contributed by atoms with Crippen LogP contribution in [0.15, 0.2) is 53.7 Å². The SMILES string of the molecule is COC(=O)C1=C(CN2CCN(c3cc(C)ccc3C)CC2)NC(=O)NC1c1ccc(C)cc1. The van der Waals surface area contributed by atoms with Crippen LogP contribution in [0.1, 0.15) is 28.3 Å². The number of piperazine rings is 1. The quantitative estimate of drug-likeness (QED) is 0.687. The van der Waals surface area contributed by atoms with Crippen LogP contribution in [0.5, 0.6) is 0 Å². The van der Waals surface area contributed by atoms with Crippen LogP contribution in [0.3, 0.4) is 0 Å². The van der Waals surface area contributed by atoms with Crippen LogP contribution in [-0.2, 0) is 9.53 Å². The molecule has 1 fully saturated rings. The molecule has 33 heavy (non-hydrogen) atoms. The molecule has 174 valence electrons. The number of hydrogen-bond acceptors (Lipinski definition) is 5. The number of carbonyl (C=O) groups is 2. The second-order valence-electron chi connectivity index (χ2n) is 8.88. The minimum absolute atomic E-state index is 0.308. The zero-order valence-corrected chi connectivity index (χ0v) is 19.8. The summed E-state index contributed by atoms with van der Waals surface area (Å²) in [5, 5.41) is 5.76. The zero-order valence-electron chi connectivity index (χ0n) is 19.8. The third-order valence-corrected chi connectivity index (χ3v) is 6.43. The van der Waals surface area contributed by atoms with Gasteiger partial charge in [-0.05, 0) is 43.5 Å². The molecule has 2 aliphatic rings. The van der Waals surface area contributed by atoms with Crippen molar-refractivity contribution in [2.24, 2.45) is 0 Å². The number of benzene rings is 2. The lowest BCUT2D eigenvalue weighted by Gasteiger charge is -2.38. The average Bonchev–Trinajstić information content (AvgIpc) is 2.81. The Hall–Kier alpha value is -3.32. The fraction of sp³-hybridized carbons (Fsp3) is 0.385. The number of hydrogen-bond donors (Lipinski definition) is 2. The normalized spacial score (nSPS) is 19.2. The summed E-state index contributed by atoms with van der Waals surface area (Å²) in [6.07, 6.45) is 0. The maximum absolute atomic E-state index is 12.8. The molecule has 7 nitrogen and oxygen atoms in total. The van der Waals surface area contributed by atoms with Gasteiger partial charge < -0.3 is 20.3 Å². The van der Waals surface area contributed by atoms with E-state index in [4.69, 9.17) is 4.74 Å². The molecule has 0 aliphatic carbocycles. The van der Waals surface area contributed by atoms with Crippen molar-refractivity contribution in [1.82, 2.24) is 15.5 Å². The van der Waals surface area contributed by atoms with E-state index in [2.05, 4.69) is 52.5 Å². The molecular formula is C26H32N4O3. The van der Waals surface area contributed by atoms with E-state index in [0.29, 0.717) is 17.8 Å². The highest BCUT2D eigenvalue weighted by Gasteiger charge is 2.34. The molecular weight excluding hydrogens is 416 g/mol. The Kier molecular flexibility index (Phi) is 6.70.